The van der Waals surface area contributed by atoms with Gasteiger partial charge in [-0.15, -0.1) is 6.58 Å². The Labute approximate surface area is 110 Å². The van der Waals surface area contributed by atoms with E-state index in [1.165, 1.54) is 38.5 Å². The minimum atomic E-state index is 0.182. The molecule has 0 radical (unpaired) electrons. The smallest absolute Gasteiger partial charge is 0.188 e. The molecule has 1 saturated heterocycles. The van der Waals surface area contributed by atoms with E-state index in [0.717, 1.165) is 6.42 Å². The summed E-state index contributed by atoms with van der Waals surface area (Å²) in [5, 5.41) is 2.98. The Balaban J connectivity index is 1.76. The number of nitrogens with two attached hydrogens (primary N) is 1. The standard InChI is InChI=1S/C14H25N3O/c1-2-10-16-13(15)17-11-12-6-9-14(18-12)7-4-3-5-8-14/h2,12H,1,3-11H2,(H3,15,16,17). The molecule has 4 nitrogen and oxygen atoms in total. The van der Waals surface area contributed by atoms with Crippen molar-refractivity contribution in [2.75, 3.05) is 13.1 Å². The molecule has 1 unspecified atom stereocenters. The molecule has 2 rings (SSSR count). The van der Waals surface area contributed by atoms with Crippen molar-refractivity contribution in [1.82, 2.24) is 5.32 Å². The van der Waals surface area contributed by atoms with Gasteiger partial charge in [0.2, 0.25) is 0 Å². The second kappa shape index (κ2) is 6.23. The summed E-state index contributed by atoms with van der Waals surface area (Å²) >= 11 is 0. The van der Waals surface area contributed by atoms with Crippen LogP contribution in [-0.2, 0) is 4.74 Å². The largest absolute Gasteiger partial charge is 0.370 e. The Bertz CT molecular complexity index is 308. The minimum Gasteiger partial charge on any atom is -0.370 e. The first kappa shape index (κ1) is 13.4. The Morgan fingerprint density at radius 2 is 2.17 bits per heavy atom. The highest BCUT2D eigenvalue weighted by atomic mass is 16.5. The van der Waals surface area contributed by atoms with Gasteiger partial charge < -0.3 is 15.8 Å². The van der Waals surface area contributed by atoms with Gasteiger partial charge in [-0.05, 0) is 25.7 Å². The van der Waals surface area contributed by atoms with E-state index in [9.17, 15) is 0 Å². The van der Waals surface area contributed by atoms with Crippen LogP contribution in [0, 0.1) is 0 Å². The van der Waals surface area contributed by atoms with Gasteiger partial charge in [-0.3, -0.25) is 4.99 Å². The molecule has 1 aliphatic heterocycles. The fourth-order valence-corrected chi connectivity index (χ4v) is 3.02. The minimum absolute atomic E-state index is 0.182. The molecule has 0 aromatic heterocycles. The van der Waals surface area contributed by atoms with E-state index in [4.69, 9.17) is 10.5 Å². The van der Waals surface area contributed by atoms with Crippen LogP contribution in [0.5, 0.6) is 0 Å². The van der Waals surface area contributed by atoms with Crippen molar-refractivity contribution in [3.8, 4) is 0 Å². The highest BCUT2D eigenvalue weighted by Crippen LogP contribution is 2.41. The summed E-state index contributed by atoms with van der Waals surface area (Å²) in [7, 11) is 0. The summed E-state index contributed by atoms with van der Waals surface area (Å²) in [6.45, 7) is 4.97. The van der Waals surface area contributed by atoms with Gasteiger partial charge in [-0.25, -0.2) is 0 Å². The Hall–Kier alpha value is -1.03. The fourth-order valence-electron chi connectivity index (χ4n) is 3.02. The maximum Gasteiger partial charge on any atom is 0.188 e. The third kappa shape index (κ3) is 3.48. The molecule has 1 spiro atoms. The lowest BCUT2D eigenvalue weighted by Gasteiger charge is -2.33. The van der Waals surface area contributed by atoms with Gasteiger partial charge >= 0.3 is 0 Å². The maximum atomic E-state index is 6.23. The molecule has 3 N–H and O–H groups in total. The van der Waals surface area contributed by atoms with Gasteiger partial charge in [0.15, 0.2) is 5.96 Å². The number of nitrogens with one attached hydrogen (secondary N) is 1. The van der Waals surface area contributed by atoms with E-state index in [1.54, 1.807) is 6.08 Å². The summed E-state index contributed by atoms with van der Waals surface area (Å²) < 4.78 is 6.23. The summed E-state index contributed by atoms with van der Waals surface area (Å²) in [6.07, 6.45) is 10.8. The molecule has 4 heteroatoms. The van der Waals surface area contributed by atoms with Crippen LogP contribution in [0.4, 0.5) is 0 Å². The molecule has 0 amide bonds. The van der Waals surface area contributed by atoms with Crippen LogP contribution in [0.2, 0.25) is 0 Å². The number of ether oxygens (including phenoxy) is 1. The van der Waals surface area contributed by atoms with Crippen molar-refractivity contribution in [1.29, 1.82) is 0 Å². The van der Waals surface area contributed by atoms with Crippen molar-refractivity contribution in [2.45, 2.75) is 56.7 Å². The molecule has 1 aliphatic carbocycles. The van der Waals surface area contributed by atoms with Gasteiger partial charge in [-0.1, -0.05) is 25.3 Å². The molecule has 2 aliphatic rings. The van der Waals surface area contributed by atoms with E-state index in [2.05, 4.69) is 16.9 Å². The van der Waals surface area contributed by atoms with Crippen LogP contribution < -0.4 is 11.1 Å². The third-order valence-electron chi connectivity index (χ3n) is 4.00. The summed E-state index contributed by atoms with van der Waals surface area (Å²) in [4.78, 5) is 4.33. The average Bonchev–Trinajstić information content (AvgIpc) is 2.78. The summed E-state index contributed by atoms with van der Waals surface area (Å²) in [6, 6.07) is 0. The first-order valence-electron chi connectivity index (χ1n) is 7.07. The molecule has 18 heavy (non-hydrogen) atoms. The molecule has 1 atom stereocenters. The van der Waals surface area contributed by atoms with Crippen LogP contribution in [-0.4, -0.2) is 30.8 Å². The lowest BCUT2D eigenvalue weighted by molar-refractivity contribution is -0.0598. The first-order valence-corrected chi connectivity index (χ1v) is 7.07. The zero-order valence-corrected chi connectivity index (χ0v) is 11.2. The SMILES string of the molecule is C=CCNC(N)=NCC1CCC2(CCCCC2)O1. The Morgan fingerprint density at radius 3 is 2.89 bits per heavy atom. The van der Waals surface area contributed by atoms with E-state index in [0.29, 0.717) is 19.0 Å². The summed E-state index contributed by atoms with van der Waals surface area (Å²) in [5.41, 5.74) is 5.93. The van der Waals surface area contributed by atoms with Crippen molar-refractivity contribution in [3.05, 3.63) is 12.7 Å². The van der Waals surface area contributed by atoms with Crippen molar-refractivity contribution in [3.63, 3.8) is 0 Å². The van der Waals surface area contributed by atoms with Crippen molar-refractivity contribution in [2.24, 2.45) is 10.7 Å². The molecule has 0 aromatic rings. The number of aliphatic imine (C=N–C) groups is 1. The summed E-state index contributed by atoms with van der Waals surface area (Å²) in [5.74, 6) is 0.489. The van der Waals surface area contributed by atoms with Crippen LogP contribution in [0.1, 0.15) is 44.9 Å². The van der Waals surface area contributed by atoms with Crippen LogP contribution in [0.3, 0.4) is 0 Å². The second-order valence-electron chi connectivity index (χ2n) is 5.42. The highest BCUT2D eigenvalue weighted by Gasteiger charge is 2.40. The Kier molecular flexibility index (Phi) is 4.64. The Morgan fingerprint density at radius 1 is 1.39 bits per heavy atom. The molecule has 1 saturated carbocycles. The quantitative estimate of drug-likeness (QED) is 0.456. The molecule has 2 fully saturated rings. The topological polar surface area (TPSA) is 59.6 Å². The first-order chi connectivity index (χ1) is 8.74. The lowest BCUT2D eigenvalue weighted by Crippen LogP contribution is -2.34. The fraction of sp³-hybridized carbons (Fsp3) is 0.786. The zero-order valence-electron chi connectivity index (χ0n) is 11.2. The number of hydrogen-bond acceptors (Lipinski definition) is 2. The number of nitrogens with zero attached hydrogens (tertiary/aromatic N) is 1. The monoisotopic (exact) mass is 251 g/mol. The van der Waals surface area contributed by atoms with Crippen LogP contribution in [0.25, 0.3) is 0 Å². The van der Waals surface area contributed by atoms with Gasteiger partial charge in [0, 0.05) is 6.54 Å². The zero-order chi connectivity index (χ0) is 12.8. The van der Waals surface area contributed by atoms with Gasteiger partial charge in [0.1, 0.15) is 0 Å². The molecular weight excluding hydrogens is 226 g/mol. The van der Waals surface area contributed by atoms with Crippen molar-refractivity contribution < 1.29 is 4.74 Å². The predicted octanol–water partition coefficient (Wildman–Crippen LogP) is 1.96. The van der Waals surface area contributed by atoms with Gasteiger partial charge in [0.05, 0.1) is 18.2 Å². The van der Waals surface area contributed by atoms with Crippen LogP contribution in [0.15, 0.2) is 17.6 Å². The molecule has 0 aromatic carbocycles. The van der Waals surface area contributed by atoms with Gasteiger partial charge in [0.25, 0.3) is 0 Å². The highest BCUT2D eigenvalue weighted by molar-refractivity contribution is 5.77. The predicted molar refractivity (Wildman–Crippen MR) is 74.6 cm³/mol. The second-order valence-corrected chi connectivity index (χ2v) is 5.42. The normalized spacial score (nSPS) is 27.3. The molecular formula is C14H25N3O. The molecule has 0 bridgehead atoms. The van der Waals surface area contributed by atoms with Crippen LogP contribution >= 0.6 is 0 Å². The number of hydrogen-bond donors (Lipinski definition) is 2. The number of rotatable bonds is 4. The third-order valence-corrected chi connectivity index (χ3v) is 4.00. The van der Waals surface area contributed by atoms with E-state index in [1.807, 2.05) is 0 Å². The number of guanidine groups is 1. The van der Waals surface area contributed by atoms with E-state index >= 15 is 0 Å². The molecule has 102 valence electrons. The van der Waals surface area contributed by atoms with E-state index in [-0.39, 0.29) is 11.7 Å². The van der Waals surface area contributed by atoms with Gasteiger partial charge in [-0.2, -0.15) is 0 Å². The lowest BCUT2D eigenvalue weighted by atomic mass is 9.83. The average molecular weight is 251 g/mol. The van der Waals surface area contributed by atoms with E-state index < -0.39 is 0 Å². The maximum absolute atomic E-state index is 6.23. The van der Waals surface area contributed by atoms with Crippen molar-refractivity contribution >= 4 is 5.96 Å². The molecule has 1 heterocycles.